The molecule has 0 bridgehead atoms. The van der Waals surface area contributed by atoms with E-state index < -0.39 is 17.6 Å². The van der Waals surface area contributed by atoms with Crippen molar-refractivity contribution >= 4 is 45.4 Å². The van der Waals surface area contributed by atoms with Crippen molar-refractivity contribution in [2.45, 2.75) is 12.7 Å². The van der Waals surface area contributed by atoms with Crippen LogP contribution in [0.5, 0.6) is 11.6 Å². The summed E-state index contributed by atoms with van der Waals surface area (Å²) < 4.78 is 46.2. The van der Waals surface area contributed by atoms with Crippen molar-refractivity contribution in [2.24, 2.45) is 7.05 Å². The SMILES string of the molecule is Br.Cn1c(C(=O)N2CCN(Cc3cccnc3)CC2)cc2cc(Oc3ccc(NC(=O)c4ccc(C(F)(F)F)cc4)cn3)ccc21. The lowest BCUT2D eigenvalue weighted by Gasteiger charge is -2.34. The second-order valence-electron chi connectivity index (χ2n) is 10.8. The monoisotopic (exact) mass is 694 g/mol. The van der Waals surface area contributed by atoms with Gasteiger partial charge in [-0.3, -0.25) is 19.5 Å². The van der Waals surface area contributed by atoms with Gasteiger partial charge in [0.2, 0.25) is 5.88 Å². The Morgan fingerprint density at radius 3 is 2.35 bits per heavy atom. The Hall–Kier alpha value is -4.75. The molecule has 1 fully saturated rings. The molecule has 9 nitrogen and oxygen atoms in total. The van der Waals surface area contributed by atoms with Crippen LogP contribution in [0.15, 0.2) is 91.4 Å². The summed E-state index contributed by atoms with van der Waals surface area (Å²) in [6.45, 7) is 3.66. The molecule has 0 aliphatic carbocycles. The number of carbonyl (C=O) groups excluding carboxylic acids is 2. The number of benzene rings is 2. The van der Waals surface area contributed by atoms with Gasteiger partial charge in [0, 0.05) is 74.7 Å². The summed E-state index contributed by atoms with van der Waals surface area (Å²) in [5.41, 5.74) is 2.24. The zero-order chi connectivity index (χ0) is 31.6. The van der Waals surface area contributed by atoms with E-state index in [-0.39, 0.29) is 34.3 Å². The lowest BCUT2D eigenvalue weighted by atomic mass is 10.1. The molecule has 1 aliphatic heterocycles. The van der Waals surface area contributed by atoms with Crippen LogP contribution in [0.4, 0.5) is 18.9 Å². The second-order valence-corrected chi connectivity index (χ2v) is 10.8. The number of ether oxygens (including phenoxy) is 1. The van der Waals surface area contributed by atoms with Crippen molar-refractivity contribution in [3.8, 4) is 11.6 Å². The highest BCUT2D eigenvalue weighted by molar-refractivity contribution is 8.93. The molecule has 6 rings (SSSR count). The molecule has 1 N–H and O–H groups in total. The first-order valence-corrected chi connectivity index (χ1v) is 14.3. The Balaban J connectivity index is 0.00000417. The second kappa shape index (κ2) is 13.7. The number of pyridine rings is 2. The molecular weight excluding hydrogens is 665 g/mol. The topological polar surface area (TPSA) is 92.6 Å². The van der Waals surface area contributed by atoms with Gasteiger partial charge in [0.15, 0.2) is 0 Å². The van der Waals surface area contributed by atoms with E-state index in [1.165, 1.54) is 6.20 Å². The van der Waals surface area contributed by atoms with Crippen LogP contribution in [0.1, 0.15) is 32.0 Å². The Morgan fingerprint density at radius 1 is 0.935 bits per heavy atom. The van der Waals surface area contributed by atoms with E-state index in [0.29, 0.717) is 30.2 Å². The Kier molecular flexibility index (Phi) is 9.73. The average molecular weight is 696 g/mol. The number of rotatable bonds is 7. The predicted molar refractivity (Wildman–Crippen MR) is 172 cm³/mol. The van der Waals surface area contributed by atoms with Crippen LogP contribution in [0.2, 0.25) is 0 Å². The van der Waals surface area contributed by atoms with Crippen LogP contribution in [0.3, 0.4) is 0 Å². The highest BCUT2D eigenvalue weighted by Gasteiger charge is 2.30. The number of aryl methyl sites for hydroxylation is 1. The molecule has 2 aromatic carbocycles. The fourth-order valence-corrected chi connectivity index (χ4v) is 5.27. The smallest absolute Gasteiger partial charge is 0.416 e. The minimum absolute atomic E-state index is 0. The number of aromatic nitrogens is 3. The number of halogens is 4. The molecule has 5 aromatic rings. The standard InChI is InChI=1S/C33H29F3N6O3.BrH/c1-40-28-10-9-27(45-30-11-8-26(20-38-30)39-31(43)23-4-6-25(7-5-23)33(34,35)36)17-24(28)18-29(40)32(44)42-15-13-41(14-16-42)21-22-3-2-12-37-19-22;/h2-12,17-20H,13-16,21H2,1H3,(H,39,43);1H. The van der Waals surface area contributed by atoms with Crippen molar-refractivity contribution in [1.82, 2.24) is 24.3 Å². The fraction of sp³-hybridized carbons (Fsp3) is 0.212. The van der Waals surface area contributed by atoms with Gasteiger partial charge in [-0.25, -0.2) is 4.98 Å². The van der Waals surface area contributed by atoms with E-state index in [0.717, 1.165) is 60.4 Å². The van der Waals surface area contributed by atoms with E-state index >= 15 is 0 Å². The number of piperazine rings is 1. The van der Waals surface area contributed by atoms with E-state index in [9.17, 15) is 22.8 Å². The number of nitrogens with one attached hydrogen (secondary N) is 1. The maximum atomic E-state index is 13.4. The Morgan fingerprint density at radius 2 is 1.70 bits per heavy atom. The molecule has 2 amide bonds. The van der Waals surface area contributed by atoms with E-state index in [1.807, 2.05) is 47.0 Å². The molecule has 46 heavy (non-hydrogen) atoms. The summed E-state index contributed by atoms with van der Waals surface area (Å²) in [5.74, 6) is 0.210. The fourth-order valence-electron chi connectivity index (χ4n) is 5.27. The van der Waals surface area contributed by atoms with Gasteiger partial charge in [0.1, 0.15) is 11.4 Å². The van der Waals surface area contributed by atoms with Gasteiger partial charge < -0.3 is 19.5 Å². The van der Waals surface area contributed by atoms with Crippen LogP contribution in [-0.2, 0) is 19.8 Å². The number of hydrogen-bond acceptors (Lipinski definition) is 6. The van der Waals surface area contributed by atoms with Gasteiger partial charge in [-0.05, 0) is 66.2 Å². The lowest BCUT2D eigenvalue weighted by Crippen LogP contribution is -2.48. The molecule has 0 atom stereocenters. The van der Waals surface area contributed by atoms with Crippen molar-refractivity contribution in [2.75, 3.05) is 31.5 Å². The maximum Gasteiger partial charge on any atom is 0.416 e. The quantitative estimate of drug-likeness (QED) is 0.207. The third kappa shape index (κ3) is 7.37. The molecule has 238 valence electrons. The number of nitrogens with zero attached hydrogens (tertiary/aromatic N) is 5. The van der Waals surface area contributed by atoms with Gasteiger partial charge in [0.05, 0.1) is 17.4 Å². The molecule has 4 heterocycles. The Labute approximate surface area is 273 Å². The molecule has 0 saturated carbocycles. The summed E-state index contributed by atoms with van der Waals surface area (Å²) in [5, 5.41) is 3.45. The van der Waals surface area contributed by atoms with Crippen molar-refractivity contribution in [3.05, 3.63) is 114 Å². The molecule has 3 aromatic heterocycles. The van der Waals surface area contributed by atoms with Crippen LogP contribution in [-0.4, -0.2) is 62.3 Å². The molecular formula is C33H30BrF3N6O3. The van der Waals surface area contributed by atoms with Crippen LogP contribution in [0, 0.1) is 0 Å². The van der Waals surface area contributed by atoms with Gasteiger partial charge in [-0.15, -0.1) is 17.0 Å². The minimum Gasteiger partial charge on any atom is -0.439 e. The maximum absolute atomic E-state index is 13.4. The van der Waals surface area contributed by atoms with E-state index in [2.05, 4.69) is 26.3 Å². The van der Waals surface area contributed by atoms with Crippen LogP contribution < -0.4 is 10.1 Å². The number of amides is 2. The van der Waals surface area contributed by atoms with E-state index in [1.54, 1.807) is 24.4 Å². The summed E-state index contributed by atoms with van der Waals surface area (Å²) in [6, 6.07) is 18.5. The zero-order valence-electron chi connectivity index (χ0n) is 24.7. The van der Waals surface area contributed by atoms with Gasteiger partial charge in [0.25, 0.3) is 11.8 Å². The first-order chi connectivity index (χ1) is 21.6. The largest absolute Gasteiger partial charge is 0.439 e. The highest BCUT2D eigenvalue weighted by atomic mass is 79.9. The first-order valence-electron chi connectivity index (χ1n) is 14.3. The molecule has 1 aliphatic rings. The van der Waals surface area contributed by atoms with Crippen LogP contribution in [0.25, 0.3) is 10.9 Å². The van der Waals surface area contributed by atoms with Crippen molar-refractivity contribution in [1.29, 1.82) is 0 Å². The minimum atomic E-state index is -4.48. The number of alkyl halides is 3. The molecule has 13 heteroatoms. The van der Waals surface area contributed by atoms with Gasteiger partial charge in [-0.2, -0.15) is 13.2 Å². The molecule has 1 saturated heterocycles. The number of fused-ring (bicyclic) bond motifs is 1. The summed E-state index contributed by atoms with van der Waals surface area (Å²) >= 11 is 0. The predicted octanol–water partition coefficient (Wildman–Crippen LogP) is 6.57. The number of carbonyl (C=O) groups is 2. The Bertz CT molecular complexity index is 1820. The number of anilines is 1. The van der Waals surface area contributed by atoms with Crippen molar-refractivity contribution < 1.29 is 27.5 Å². The van der Waals surface area contributed by atoms with E-state index in [4.69, 9.17) is 4.74 Å². The third-order valence-electron chi connectivity index (χ3n) is 7.71. The first kappa shape index (κ1) is 32.6. The molecule has 0 unspecified atom stereocenters. The summed E-state index contributed by atoms with van der Waals surface area (Å²) in [4.78, 5) is 38.5. The normalized spacial score (nSPS) is 13.7. The van der Waals surface area contributed by atoms with Gasteiger partial charge >= 0.3 is 6.18 Å². The van der Waals surface area contributed by atoms with Gasteiger partial charge in [-0.1, -0.05) is 6.07 Å². The summed E-state index contributed by atoms with van der Waals surface area (Å²) in [6.07, 6.45) is 0.546. The summed E-state index contributed by atoms with van der Waals surface area (Å²) in [7, 11) is 1.87. The number of hydrogen-bond donors (Lipinski definition) is 1. The van der Waals surface area contributed by atoms with Crippen molar-refractivity contribution in [3.63, 3.8) is 0 Å². The van der Waals surface area contributed by atoms with Crippen LogP contribution >= 0.6 is 17.0 Å². The molecule has 0 spiro atoms. The highest BCUT2D eigenvalue weighted by Crippen LogP contribution is 2.30. The average Bonchev–Trinajstić information content (AvgIpc) is 3.37. The third-order valence-corrected chi connectivity index (χ3v) is 7.71. The molecule has 0 radical (unpaired) electrons. The lowest BCUT2D eigenvalue weighted by molar-refractivity contribution is -0.137. The zero-order valence-corrected chi connectivity index (χ0v) is 26.4.